The van der Waals surface area contributed by atoms with Gasteiger partial charge < -0.3 is 9.88 Å². The third-order valence-corrected chi connectivity index (χ3v) is 5.27. The Bertz CT molecular complexity index is 1080. The minimum atomic E-state index is -0.347. The van der Waals surface area contributed by atoms with Crippen molar-refractivity contribution < 1.29 is 9.18 Å². The van der Waals surface area contributed by atoms with Crippen molar-refractivity contribution in [3.8, 4) is 11.4 Å². The number of carbonyl (C=O) groups excluding carboxylic acids is 1. The highest BCUT2D eigenvalue weighted by Gasteiger charge is 2.26. The number of H-pyrrole nitrogens is 1. The van der Waals surface area contributed by atoms with E-state index in [0.717, 1.165) is 4.47 Å². The van der Waals surface area contributed by atoms with Crippen molar-refractivity contribution in [1.82, 2.24) is 14.9 Å². The molecule has 0 saturated carbocycles. The van der Waals surface area contributed by atoms with Crippen molar-refractivity contribution >= 4 is 21.8 Å². The van der Waals surface area contributed by atoms with Crippen molar-refractivity contribution in [2.45, 2.75) is 13.0 Å². The molecule has 0 bridgehead atoms. The number of aromatic nitrogens is 2. The Morgan fingerprint density at radius 1 is 1.15 bits per heavy atom. The fourth-order valence-corrected chi connectivity index (χ4v) is 3.60. The molecule has 1 aromatic heterocycles. The summed E-state index contributed by atoms with van der Waals surface area (Å²) in [4.78, 5) is 34.3. The number of halogens is 2. The number of aromatic amines is 1. The van der Waals surface area contributed by atoms with Crippen LogP contribution >= 0.6 is 15.9 Å². The first-order valence-electron chi connectivity index (χ1n) is 8.45. The first kappa shape index (κ1) is 17.6. The van der Waals surface area contributed by atoms with E-state index in [9.17, 15) is 14.0 Å². The number of nitrogens with zero attached hydrogens (tertiary/aromatic N) is 2. The number of benzene rings is 2. The molecule has 0 aliphatic carbocycles. The number of hydrogen-bond acceptors (Lipinski definition) is 3. The van der Waals surface area contributed by atoms with Crippen LogP contribution in [-0.4, -0.2) is 27.3 Å². The highest BCUT2D eigenvalue weighted by atomic mass is 79.9. The standard InChI is InChI=1S/C20H15BrFN3O2/c21-16-4-2-1-3-14(16)20(27)25-10-9-17-15(11-25)19(26)24-18(23-17)12-5-7-13(22)8-6-12/h1-8H,9-11H2,(H,23,24,26). The third kappa shape index (κ3) is 3.42. The maximum atomic E-state index is 13.1. The zero-order chi connectivity index (χ0) is 19.0. The molecule has 1 amide bonds. The molecule has 1 N–H and O–H groups in total. The Morgan fingerprint density at radius 2 is 1.89 bits per heavy atom. The van der Waals surface area contributed by atoms with Gasteiger partial charge in [0.05, 0.1) is 23.4 Å². The van der Waals surface area contributed by atoms with Crippen molar-refractivity contribution in [3.63, 3.8) is 0 Å². The van der Waals surface area contributed by atoms with Gasteiger partial charge in [-0.1, -0.05) is 12.1 Å². The summed E-state index contributed by atoms with van der Waals surface area (Å²) in [6, 6.07) is 13.0. The van der Waals surface area contributed by atoms with Gasteiger partial charge in [-0.2, -0.15) is 0 Å². The van der Waals surface area contributed by atoms with E-state index < -0.39 is 0 Å². The maximum Gasteiger partial charge on any atom is 0.256 e. The molecule has 1 aliphatic rings. The van der Waals surface area contributed by atoms with Gasteiger partial charge in [0.1, 0.15) is 11.6 Å². The van der Waals surface area contributed by atoms with E-state index in [1.54, 1.807) is 29.2 Å². The van der Waals surface area contributed by atoms with Gasteiger partial charge in [0.2, 0.25) is 0 Å². The second kappa shape index (κ2) is 7.08. The molecule has 3 aromatic rings. The molecule has 27 heavy (non-hydrogen) atoms. The summed E-state index contributed by atoms with van der Waals surface area (Å²) >= 11 is 3.40. The van der Waals surface area contributed by atoms with Gasteiger partial charge in [0, 0.05) is 23.0 Å². The first-order chi connectivity index (χ1) is 13.0. The van der Waals surface area contributed by atoms with Crippen LogP contribution in [-0.2, 0) is 13.0 Å². The molecule has 4 rings (SSSR count). The summed E-state index contributed by atoms with van der Waals surface area (Å²) < 4.78 is 13.8. The van der Waals surface area contributed by atoms with Gasteiger partial charge in [-0.15, -0.1) is 0 Å². The van der Waals surface area contributed by atoms with Gasteiger partial charge in [-0.05, 0) is 52.3 Å². The zero-order valence-electron chi connectivity index (χ0n) is 14.2. The van der Waals surface area contributed by atoms with Gasteiger partial charge in [-0.25, -0.2) is 9.37 Å². The number of hydrogen-bond donors (Lipinski definition) is 1. The lowest BCUT2D eigenvalue weighted by atomic mass is 10.0. The highest BCUT2D eigenvalue weighted by molar-refractivity contribution is 9.10. The molecule has 2 aromatic carbocycles. The molecule has 136 valence electrons. The Kier molecular flexibility index (Phi) is 4.61. The largest absolute Gasteiger partial charge is 0.334 e. The SMILES string of the molecule is O=C(c1ccccc1Br)N1CCc2nc(-c3ccc(F)cc3)[nH]c(=O)c2C1. The fraction of sp³-hybridized carbons (Fsp3) is 0.150. The molecule has 0 radical (unpaired) electrons. The lowest BCUT2D eigenvalue weighted by Crippen LogP contribution is -2.39. The second-order valence-corrected chi connectivity index (χ2v) is 7.16. The van der Waals surface area contributed by atoms with Crippen LogP contribution < -0.4 is 5.56 Å². The molecule has 0 spiro atoms. The van der Waals surface area contributed by atoms with Crippen LogP contribution in [0.3, 0.4) is 0 Å². The summed E-state index contributed by atoms with van der Waals surface area (Å²) in [5.74, 6) is -0.0697. The van der Waals surface area contributed by atoms with E-state index in [-0.39, 0.29) is 23.8 Å². The van der Waals surface area contributed by atoms with Crippen molar-refractivity contribution in [2.24, 2.45) is 0 Å². The van der Waals surface area contributed by atoms with Crippen LogP contribution in [0.5, 0.6) is 0 Å². The van der Waals surface area contributed by atoms with Crippen molar-refractivity contribution in [3.05, 3.63) is 86.0 Å². The molecule has 0 atom stereocenters. The van der Waals surface area contributed by atoms with E-state index >= 15 is 0 Å². The molecular weight excluding hydrogens is 413 g/mol. The first-order valence-corrected chi connectivity index (χ1v) is 9.24. The summed E-state index contributed by atoms with van der Waals surface area (Å²) in [7, 11) is 0. The molecular formula is C20H15BrFN3O2. The van der Waals surface area contributed by atoms with Crippen molar-refractivity contribution in [1.29, 1.82) is 0 Å². The minimum absolute atomic E-state index is 0.130. The maximum absolute atomic E-state index is 13.1. The van der Waals surface area contributed by atoms with Gasteiger partial charge in [0.25, 0.3) is 11.5 Å². The van der Waals surface area contributed by atoms with Crippen LogP contribution in [0.1, 0.15) is 21.6 Å². The molecule has 5 nitrogen and oxygen atoms in total. The molecule has 1 aliphatic heterocycles. The monoisotopic (exact) mass is 427 g/mol. The molecule has 0 unspecified atom stereocenters. The average Bonchev–Trinajstić information content (AvgIpc) is 2.68. The average molecular weight is 428 g/mol. The topological polar surface area (TPSA) is 66.1 Å². The number of fused-ring (bicyclic) bond motifs is 1. The number of rotatable bonds is 2. The van der Waals surface area contributed by atoms with Crippen LogP contribution in [0.2, 0.25) is 0 Å². The van der Waals surface area contributed by atoms with Crippen LogP contribution in [0.4, 0.5) is 4.39 Å². The van der Waals surface area contributed by atoms with Crippen LogP contribution in [0, 0.1) is 5.82 Å². The lowest BCUT2D eigenvalue weighted by molar-refractivity contribution is 0.0731. The Labute approximate surface area is 163 Å². The Hall–Kier alpha value is -2.80. The predicted octanol–water partition coefficient (Wildman–Crippen LogP) is 3.54. The summed E-state index contributed by atoms with van der Waals surface area (Å²) in [6.07, 6.45) is 0.490. The van der Waals surface area contributed by atoms with Crippen LogP contribution in [0.15, 0.2) is 57.8 Å². The molecule has 0 fully saturated rings. The highest BCUT2D eigenvalue weighted by Crippen LogP contribution is 2.23. The number of amides is 1. The van der Waals surface area contributed by atoms with Gasteiger partial charge in [-0.3, -0.25) is 9.59 Å². The van der Waals surface area contributed by atoms with Crippen LogP contribution in [0.25, 0.3) is 11.4 Å². The summed E-state index contributed by atoms with van der Waals surface area (Å²) in [5, 5.41) is 0. The quantitative estimate of drug-likeness (QED) is 0.679. The Morgan fingerprint density at radius 3 is 2.63 bits per heavy atom. The van der Waals surface area contributed by atoms with E-state index in [1.807, 2.05) is 12.1 Å². The smallest absolute Gasteiger partial charge is 0.256 e. The van der Waals surface area contributed by atoms with E-state index in [1.165, 1.54) is 12.1 Å². The normalized spacial score (nSPS) is 13.3. The van der Waals surface area contributed by atoms with E-state index in [0.29, 0.717) is 41.2 Å². The zero-order valence-corrected chi connectivity index (χ0v) is 15.8. The van der Waals surface area contributed by atoms with E-state index in [4.69, 9.17) is 0 Å². The summed E-state index contributed by atoms with van der Waals surface area (Å²) in [6.45, 7) is 0.689. The predicted molar refractivity (Wildman–Crippen MR) is 103 cm³/mol. The summed E-state index contributed by atoms with van der Waals surface area (Å²) in [5.41, 5.74) is 2.10. The lowest BCUT2D eigenvalue weighted by Gasteiger charge is -2.28. The molecule has 0 saturated heterocycles. The minimum Gasteiger partial charge on any atom is -0.334 e. The number of carbonyl (C=O) groups is 1. The van der Waals surface area contributed by atoms with Gasteiger partial charge in [0.15, 0.2) is 0 Å². The third-order valence-electron chi connectivity index (χ3n) is 4.58. The van der Waals surface area contributed by atoms with Gasteiger partial charge >= 0.3 is 0 Å². The molecule has 7 heteroatoms. The number of nitrogens with one attached hydrogen (secondary N) is 1. The van der Waals surface area contributed by atoms with Crippen molar-refractivity contribution in [2.75, 3.05) is 6.54 Å². The Balaban J connectivity index is 1.64. The molecule has 2 heterocycles. The fourth-order valence-electron chi connectivity index (χ4n) is 3.15. The van der Waals surface area contributed by atoms with E-state index in [2.05, 4.69) is 25.9 Å². The second-order valence-electron chi connectivity index (χ2n) is 6.30.